The van der Waals surface area contributed by atoms with E-state index in [1.165, 1.54) is 6.07 Å². The van der Waals surface area contributed by atoms with E-state index in [1.54, 1.807) is 47.5 Å². The first-order valence-corrected chi connectivity index (χ1v) is 10.2. The summed E-state index contributed by atoms with van der Waals surface area (Å²) in [6, 6.07) is 16.0. The zero-order valence-electron chi connectivity index (χ0n) is 17.2. The first-order chi connectivity index (χ1) is 15.4. The number of pyridine rings is 1. The molecule has 0 saturated carbocycles. The second-order valence-corrected chi connectivity index (χ2v) is 7.53. The Kier molecular flexibility index (Phi) is 6.41. The third kappa shape index (κ3) is 5.45. The number of rotatable bonds is 5. The molecule has 1 N–H and O–H groups in total. The molecule has 166 valence electrons. The number of aromatic nitrogens is 1. The smallest absolute Gasteiger partial charge is 0.378 e. The van der Waals surface area contributed by atoms with E-state index in [1.807, 2.05) is 6.07 Å². The first kappa shape index (κ1) is 21.8. The van der Waals surface area contributed by atoms with E-state index in [0.29, 0.717) is 55.4 Å². The molecular weight excluding hydrogens is 419 g/mol. The number of nitrogens with zero attached hydrogens (tertiary/aromatic N) is 2. The molecule has 4 rings (SSSR count). The highest BCUT2D eigenvalue weighted by Gasteiger charge is 2.30. The van der Waals surface area contributed by atoms with Crippen molar-refractivity contribution < 1.29 is 22.7 Å². The van der Waals surface area contributed by atoms with Crippen molar-refractivity contribution in [1.29, 1.82) is 0 Å². The van der Waals surface area contributed by atoms with Crippen molar-refractivity contribution in [3.05, 3.63) is 89.1 Å². The molecule has 8 heteroatoms. The van der Waals surface area contributed by atoms with Crippen molar-refractivity contribution in [1.82, 2.24) is 9.88 Å². The van der Waals surface area contributed by atoms with Crippen LogP contribution in [0.5, 0.6) is 0 Å². The molecule has 1 aliphatic rings. The summed E-state index contributed by atoms with van der Waals surface area (Å²) >= 11 is 0. The maximum atomic E-state index is 13.0. The predicted molar refractivity (Wildman–Crippen MR) is 115 cm³/mol. The summed E-state index contributed by atoms with van der Waals surface area (Å²) in [4.78, 5) is 18.8. The highest BCUT2D eigenvalue weighted by atomic mass is 19.4. The first-order valence-electron chi connectivity index (χ1n) is 10.2. The lowest BCUT2D eigenvalue weighted by Crippen LogP contribution is -2.40. The molecule has 5 nitrogen and oxygen atoms in total. The molecule has 1 saturated heterocycles. The van der Waals surface area contributed by atoms with Gasteiger partial charge in [-0.05, 0) is 53.9 Å². The maximum absolute atomic E-state index is 13.0. The van der Waals surface area contributed by atoms with Gasteiger partial charge < -0.3 is 15.0 Å². The largest absolute Gasteiger partial charge is 0.416 e. The number of hydrogen-bond acceptors (Lipinski definition) is 4. The SMILES string of the molecule is O=C(c1cccc(Nc2cc(Cc3cccc(C(F)(F)F)c3)ccn2)c1)N1CCOCC1. The van der Waals surface area contributed by atoms with Crippen LogP contribution in [-0.4, -0.2) is 42.1 Å². The lowest BCUT2D eigenvalue weighted by molar-refractivity contribution is -0.137. The van der Waals surface area contributed by atoms with Crippen molar-refractivity contribution in [3.8, 4) is 0 Å². The Bertz CT molecular complexity index is 1100. The second kappa shape index (κ2) is 9.40. The standard InChI is InChI=1S/C24H22F3N3O2/c25-24(26,27)20-5-1-3-17(14-20)13-18-7-8-28-22(15-18)29-21-6-2-4-19(16-21)23(31)30-9-11-32-12-10-30/h1-8,14-16H,9-13H2,(H,28,29). The number of benzene rings is 2. The minimum absolute atomic E-state index is 0.0526. The van der Waals surface area contributed by atoms with Crippen LogP contribution in [0.25, 0.3) is 0 Å². The Morgan fingerprint density at radius 3 is 2.53 bits per heavy atom. The van der Waals surface area contributed by atoms with E-state index < -0.39 is 11.7 Å². The zero-order valence-corrected chi connectivity index (χ0v) is 17.2. The number of morpholine rings is 1. The van der Waals surface area contributed by atoms with E-state index in [2.05, 4.69) is 10.3 Å². The predicted octanol–water partition coefficient (Wildman–Crippen LogP) is 4.91. The van der Waals surface area contributed by atoms with Gasteiger partial charge in [0.2, 0.25) is 0 Å². The molecule has 2 aromatic carbocycles. The number of halogens is 3. The average Bonchev–Trinajstić information content (AvgIpc) is 2.79. The number of ether oxygens (including phenoxy) is 1. The Balaban J connectivity index is 1.47. The van der Waals surface area contributed by atoms with Gasteiger partial charge in [-0.3, -0.25) is 4.79 Å². The number of anilines is 2. The number of carbonyl (C=O) groups is 1. The molecule has 0 spiro atoms. The number of alkyl halides is 3. The highest BCUT2D eigenvalue weighted by Crippen LogP contribution is 2.30. The monoisotopic (exact) mass is 441 g/mol. The van der Waals surface area contributed by atoms with E-state index in [9.17, 15) is 18.0 Å². The molecule has 2 heterocycles. The fourth-order valence-electron chi connectivity index (χ4n) is 3.57. The van der Waals surface area contributed by atoms with Crippen LogP contribution in [0.3, 0.4) is 0 Å². The molecule has 0 atom stereocenters. The van der Waals surface area contributed by atoms with Crippen LogP contribution in [0, 0.1) is 0 Å². The average molecular weight is 441 g/mol. The Morgan fingerprint density at radius 1 is 1.00 bits per heavy atom. The van der Waals surface area contributed by atoms with Crippen LogP contribution in [0.4, 0.5) is 24.7 Å². The van der Waals surface area contributed by atoms with Gasteiger partial charge in [-0.25, -0.2) is 4.98 Å². The van der Waals surface area contributed by atoms with Gasteiger partial charge in [-0.1, -0.05) is 24.3 Å². The molecule has 0 unspecified atom stereocenters. The van der Waals surface area contributed by atoms with Gasteiger partial charge in [-0.2, -0.15) is 13.2 Å². The lowest BCUT2D eigenvalue weighted by Gasteiger charge is -2.27. The van der Waals surface area contributed by atoms with Gasteiger partial charge >= 0.3 is 6.18 Å². The van der Waals surface area contributed by atoms with Crippen LogP contribution >= 0.6 is 0 Å². The van der Waals surface area contributed by atoms with Crippen molar-refractivity contribution in [2.45, 2.75) is 12.6 Å². The van der Waals surface area contributed by atoms with Crippen LogP contribution < -0.4 is 5.32 Å². The van der Waals surface area contributed by atoms with Crippen LogP contribution in [0.1, 0.15) is 27.0 Å². The van der Waals surface area contributed by atoms with Crippen molar-refractivity contribution in [2.24, 2.45) is 0 Å². The Morgan fingerprint density at radius 2 is 1.75 bits per heavy atom. The van der Waals surface area contributed by atoms with E-state index in [4.69, 9.17) is 4.74 Å². The van der Waals surface area contributed by atoms with Crippen molar-refractivity contribution >= 4 is 17.4 Å². The molecule has 1 aromatic heterocycles. The molecule has 3 aromatic rings. The van der Waals surface area contributed by atoms with Gasteiger partial charge in [0.15, 0.2) is 0 Å². The summed E-state index contributed by atoms with van der Waals surface area (Å²) in [7, 11) is 0. The topological polar surface area (TPSA) is 54.5 Å². The fourth-order valence-corrected chi connectivity index (χ4v) is 3.57. The molecule has 1 aliphatic heterocycles. The van der Waals surface area contributed by atoms with Gasteiger partial charge in [0.25, 0.3) is 5.91 Å². The second-order valence-electron chi connectivity index (χ2n) is 7.53. The van der Waals surface area contributed by atoms with E-state index in [-0.39, 0.29) is 5.91 Å². The third-order valence-corrected chi connectivity index (χ3v) is 5.17. The van der Waals surface area contributed by atoms with Crippen LogP contribution in [-0.2, 0) is 17.3 Å². The molecule has 0 aliphatic carbocycles. The minimum atomic E-state index is -4.37. The van der Waals surface area contributed by atoms with Crippen molar-refractivity contribution in [3.63, 3.8) is 0 Å². The molecule has 0 radical (unpaired) electrons. The number of carbonyl (C=O) groups excluding carboxylic acids is 1. The Labute approximate surface area is 183 Å². The van der Waals surface area contributed by atoms with Gasteiger partial charge in [-0.15, -0.1) is 0 Å². The summed E-state index contributed by atoms with van der Waals surface area (Å²) in [5.41, 5.74) is 1.99. The van der Waals surface area contributed by atoms with Crippen molar-refractivity contribution in [2.75, 3.05) is 31.6 Å². The maximum Gasteiger partial charge on any atom is 0.416 e. The van der Waals surface area contributed by atoms with Gasteiger partial charge in [0, 0.05) is 30.5 Å². The van der Waals surface area contributed by atoms with E-state index >= 15 is 0 Å². The van der Waals surface area contributed by atoms with Crippen LogP contribution in [0.15, 0.2) is 66.9 Å². The van der Waals surface area contributed by atoms with Gasteiger partial charge in [0.1, 0.15) is 5.82 Å². The molecule has 1 fully saturated rings. The summed E-state index contributed by atoms with van der Waals surface area (Å²) in [5.74, 6) is 0.494. The lowest BCUT2D eigenvalue weighted by atomic mass is 10.0. The molecule has 0 bridgehead atoms. The molecular formula is C24H22F3N3O2. The third-order valence-electron chi connectivity index (χ3n) is 5.17. The quantitative estimate of drug-likeness (QED) is 0.612. The zero-order chi connectivity index (χ0) is 22.6. The molecule has 1 amide bonds. The number of hydrogen-bond donors (Lipinski definition) is 1. The normalized spacial score (nSPS) is 14.3. The van der Waals surface area contributed by atoms with Crippen LogP contribution in [0.2, 0.25) is 0 Å². The summed E-state index contributed by atoms with van der Waals surface area (Å²) < 4.78 is 44.2. The minimum Gasteiger partial charge on any atom is -0.378 e. The highest BCUT2D eigenvalue weighted by molar-refractivity contribution is 5.95. The summed E-state index contributed by atoms with van der Waals surface area (Å²) in [5, 5.41) is 3.18. The van der Waals surface area contributed by atoms with E-state index in [0.717, 1.165) is 17.7 Å². The fraction of sp³-hybridized carbons (Fsp3) is 0.250. The summed E-state index contributed by atoms with van der Waals surface area (Å²) in [6.07, 6.45) is -2.42. The number of nitrogens with one attached hydrogen (secondary N) is 1. The number of amides is 1. The Hall–Kier alpha value is -3.39. The summed E-state index contributed by atoms with van der Waals surface area (Å²) in [6.45, 7) is 2.20. The molecule has 32 heavy (non-hydrogen) atoms. The van der Waals surface area contributed by atoms with Gasteiger partial charge in [0.05, 0.1) is 18.8 Å².